The van der Waals surface area contributed by atoms with E-state index in [4.69, 9.17) is 14.2 Å². The van der Waals surface area contributed by atoms with Crippen LogP contribution in [0.5, 0.6) is 0 Å². The summed E-state index contributed by atoms with van der Waals surface area (Å²) in [4.78, 5) is 8.68. The second-order valence-electron chi connectivity index (χ2n) is 11.0. The fourth-order valence-corrected chi connectivity index (χ4v) is 6.92. The van der Waals surface area contributed by atoms with Crippen LogP contribution in [0.4, 0.5) is 8.78 Å². The van der Waals surface area contributed by atoms with Crippen LogP contribution in [0.25, 0.3) is 5.52 Å². The number of fused-ring (bicyclic) bond motifs is 2. The number of aromatic nitrogens is 3. The van der Waals surface area contributed by atoms with Crippen molar-refractivity contribution in [1.29, 1.82) is 0 Å². The molecular weight excluding hydrogens is 488 g/mol. The SMILES string of the molecule is CSc1ncnn2c([C@@H]3O[C@H](CN4CC(F)(F)C[C@H]4CCN4CCCC4)[C@H]4OC(C)(C)O[C@H]43)ccc12. The Kier molecular flexibility index (Phi) is 6.53. The van der Waals surface area contributed by atoms with E-state index < -0.39 is 17.8 Å². The molecule has 0 radical (unpaired) electrons. The van der Waals surface area contributed by atoms with Crippen molar-refractivity contribution >= 4 is 17.3 Å². The molecule has 4 aliphatic rings. The molecule has 0 aromatic carbocycles. The maximum Gasteiger partial charge on any atom is 0.262 e. The summed E-state index contributed by atoms with van der Waals surface area (Å²) in [6.07, 6.45) is 5.11. The number of hydrogen-bond acceptors (Lipinski definition) is 8. The van der Waals surface area contributed by atoms with Gasteiger partial charge in [0.25, 0.3) is 5.92 Å². The Balaban J connectivity index is 1.23. The summed E-state index contributed by atoms with van der Waals surface area (Å²) in [7, 11) is 0. The second-order valence-corrected chi connectivity index (χ2v) is 11.8. The Bertz CT molecular complexity index is 1090. The smallest absolute Gasteiger partial charge is 0.262 e. The zero-order valence-electron chi connectivity index (χ0n) is 21.1. The Morgan fingerprint density at radius 3 is 2.69 bits per heavy atom. The van der Waals surface area contributed by atoms with Gasteiger partial charge in [-0.15, -0.1) is 11.8 Å². The van der Waals surface area contributed by atoms with Crippen molar-refractivity contribution in [2.24, 2.45) is 0 Å². The van der Waals surface area contributed by atoms with Gasteiger partial charge in [-0.2, -0.15) is 5.10 Å². The fourth-order valence-electron chi connectivity index (χ4n) is 6.40. The van der Waals surface area contributed by atoms with Gasteiger partial charge >= 0.3 is 0 Å². The lowest BCUT2D eigenvalue weighted by atomic mass is 10.0. The van der Waals surface area contributed by atoms with Crippen LogP contribution in [-0.4, -0.2) is 99.4 Å². The molecule has 4 saturated heterocycles. The van der Waals surface area contributed by atoms with Crippen LogP contribution in [0.3, 0.4) is 0 Å². The summed E-state index contributed by atoms with van der Waals surface area (Å²) < 4.78 is 50.2. The van der Waals surface area contributed by atoms with Gasteiger partial charge < -0.3 is 19.1 Å². The van der Waals surface area contributed by atoms with Crippen LogP contribution in [-0.2, 0) is 14.2 Å². The predicted molar refractivity (Wildman–Crippen MR) is 131 cm³/mol. The Hall–Kier alpha value is -1.37. The third kappa shape index (κ3) is 4.67. The molecule has 2 aromatic heterocycles. The number of alkyl halides is 2. The first kappa shape index (κ1) is 24.9. The molecule has 6 heterocycles. The normalized spacial score (nSPS) is 34.2. The lowest BCUT2D eigenvalue weighted by Gasteiger charge is -2.30. The summed E-state index contributed by atoms with van der Waals surface area (Å²) in [5.41, 5.74) is 1.77. The molecule has 0 saturated carbocycles. The lowest BCUT2D eigenvalue weighted by molar-refractivity contribution is -0.190. The van der Waals surface area contributed by atoms with Gasteiger partial charge in [0.2, 0.25) is 0 Å². The number of likely N-dealkylation sites (tertiary alicyclic amines) is 2. The molecule has 0 unspecified atom stereocenters. The molecule has 8 nitrogen and oxygen atoms in total. The summed E-state index contributed by atoms with van der Waals surface area (Å²) in [6, 6.07) is 3.82. The Morgan fingerprint density at radius 1 is 1.14 bits per heavy atom. The summed E-state index contributed by atoms with van der Waals surface area (Å²) >= 11 is 1.56. The average Bonchev–Trinajstić information content (AvgIpc) is 3.62. The first-order chi connectivity index (χ1) is 17.2. The van der Waals surface area contributed by atoms with Gasteiger partial charge in [-0.1, -0.05) is 0 Å². The number of ether oxygens (including phenoxy) is 3. The summed E-state index contributed by atoms with van der Waals surface area (Å²) in [5, 5.41) is 5.35. The van der Waals surface area contributed by atoms with E-state index in [-0.39, 0.29) is 37.3 Å². The highest BCUT2D eigenvalue weighted by molar-refractivity contribution is 7.98. The van der Waals surface area contributed by atoms with Crippen LogP contribution in [0.2, 0.25) is 0 Å². The van der Waals surface area contributed by atoms with Gasteiger partial charge in [0, 0.05) is 19.0 Å². The lowest BCUT2D eigenvalue weighted by Crippen LogP contribution is -2.43. The molecule has 11 heteroatoms. The number of hydrogen-bond donors (Lipinski definition) is 0. The molecule has 4 fully saturated rings. The van der Waals surface area contributed by atoms with Crippen LogP contribution in [0, 0.1) is 0 Å². The Morgan fingerprint density at radius 2 is 1.92 bits per heavy atom. The molecule has 0 amide bonds. The van der Waals surface area contributed by atoms with Gasteiger partial charge in [0.15, 0.2) is 5.79 Å². The monoisotopic (exact) mass is 523 g/mol. The van der Waals surface area contributed by atoms with Crippen LogP contribution >= 0.6 is 11.8 Å². The number of rotatable bonds is 7. The maximum absolute atomic E-state index is 14.6. The van der Waals surface area contributed by atoms with Crippen molar-refractivity contribution in [2.45, 2.75) is 86.7 Å². The van der Waals surface area contributed by atoms with Gasteiger partial charge in [0.05, 0.1) is 17.8 Å². The van der Waals surface area contributed by atoms with Crippen molar-refractivity contribution in [1.82, 2.24) is 24.4 Å². The molecule has 4 aliphatic heterocycles. The number of nitrogens with zero attached hydrogens (tertiary/aromatic N) is 5. The zero-order chi connectivity index (χ0) is 25.1. The quantitative estimate of drug-likeness (QED) is 0.510. The van der Waals surface area contributed by atoms with E-state index in [2.05, 4.69) is 15.0 Å². The molecule has 36 heavy (non-hydrogen) atoms. The van der Waals surface area contributed by atoms with E-state index in [0.29, 0.717) is 6.54 Å². The molecule has 0 N–H and O–H groups in total. The molecular formula is C25H35F2N5O3S. The molecule has 0 aliphatic carbocycles. The molecule has 2 aromatic rings. The maximum atomic E-state index is 14.6. The third-order valence-electron chi connectivity index (χ3n) is 7.96. The van der Waals surface area contributed by atoms with E-state index in [1.165, 1.54) is 12.8 Å². The molecule has 5 atom stereocenters. The highest BCUT2D eigenvalue weighted by Crippen LogP contribution is 2.46. The summed E-state index contributed by atoms with van der Waals surface area (Å²) in [6.45, 7) is 6.98. The second kappa shape index (κ2) is 9.43. The standard InChI is InChI=1S/C25H35F2N5O3S/c1-24(2)34-21-19(13-31-14-25(26,27)12-16(31)8-11-30-9-4-5-10-30)33-20(22(21)35-24)17-6-7-18-23(36-3)28-15-29-32(17)18/h6-7,15-16,19-22H,4-5,8-14H2,1-3H3/t16-,19-,20+,21-,22+/m1/s1. The van der Waals surface area contributed by atoms with Crippen molar-refractivity contribution in [3.8, 4) is 0 Å². The predicted octanol–water partition coefficient (Wildman–Crippen LogP) is 3.61. The van der Waals surface area contributed by atoms with E-state index >= 15 is 0 Å². The van der Waals surface area contributed by atoms with E-state index in [9.17, 15) is 8.78 Å². The molecule has 0 bridgehead atoms. The third-order valence-corrected chi connectivity index (χ3v) is 8.66. The van der Waals surface area contributed by atoms with Crippen molar-refractivity contribution in [2.75, 3.05) is 39.0 Å². The van der Waals surface area contributed by atoms with Crippen molar-refractivity contribution in [3.05, 3.63) is 24.2 Å². The number of thioether (sulfide) groups is 1. The van der Waals surface area contributed by atoms with Crippen molar-refractivity contribution in [3.63, 3.8) is 0 Å². The topological polar surface area (TPSA) is 64.4 Å². The largest absolute Gasteiger partial charge is 0.362 e. The fraction of sp³-hybridized carbons (Fsp3) is 0.760. The minimum absolute atomic E-state index is 0.0916. The number of halogens is 2. The molecule has 0 spiro atoms. The van der Waals surface area contributed by atoms with Crippen LogP contribution in [0.15, 0.2) is 23.5 Å². The molecule has 198 valence electrons. The van der Waals surface area contributed by atoms with Gasteiger partial charge in [-0.3, -0.25) is 4.90 Å². The minimum Gasteiger partial charge on any atom is -0.362 e. The van der Waals surface area contributed by atoms with Crippen LogP contribution in [0.1, 0.15) is 51.3 Å². The molecule has 6 rings (SSSR count). The van der Waals surface area contributed by atoms with E-state index in [1.807, 2.05) is 41.7 Å². The first-order valence-electron chi connectivity index (χ1n) is 12.9. The zero-order valence-corrected chi connectivity index (χ0v) is 21.9. The van der Waals surface area contributed by atoms with Gasteiger partial charge in [-0.25, -0.2) is 18.3 Å². The average molecular weight is 524 g/mol. The highest BCUT2D eigenvalue weighted by atomic mass is 32.2. The minimum atomic E-state index is -2.68. The van der Waals surface area contributed by atoms with Crippen molar-refractivity contribution < 1.29 is 23.0 Å². The van der Waals surface area contributed by atoms with E-state index in [0.717, 1.165) is 42.3 Å². The van der Waals surface area contributed by atoms with E-state index in [1.54, 1.807) is 18.1 Å². The summed E-state index contributed by atoms with van der Waals surface area (Å²) in [5.74, 6) is -3.45. The highest BCUT2D eigenvalue weighted by Gasteiger charge is 2.57. The van der Waals surface area contributed by atoms with Gasteiger partial charge in [-0.05, 0) is 71.1 Å². The van der Waals surface area contributed by atoms with Crippen LogP contribution < -0.4 is 0 Å². The Labute approximate surface area is 214 Å². The van der Waals surface area contributed by atoms with Gasteiger partial charge in [0.1, 0.15) is 35.8 Å². The first-order valence-corrected chi connectivity index (χ1v) is 14.2.